The van der Waals surface area contributed by atoms with Crippen molar-refractivity contribution in [2.75, 3.05) is 6.54 Å². The molecule has 5 heteroatoms. The molecule has 3 fully saturated rings. The quantitative estimate of drug-likeness (QED) is 0.616. The molecule has 1 aromatic carbocycles. The van der Waals surface area contributed by atoms with Gasteiger partial charge in [-0.05, 0) is 92.0 Å². The van der Waals surface area contributed by atoms with Crippen molar-refractivity contribution in [3.63, 3.8) is 0 Å². The van der Waals surface area contributed by atoms with Crippen LogP contribution < -0.4 is 5.32 Å². The van der Waals surface area contributed by atoms with Crippen LogP contribution in [0.2, 0.25) is 0 Å². The van der Waals surface area contributed by atoms with Crippen LogP contribution in [0.25, 0.3) is 0 Å². The molecule has 4 nitrogen and oxygen atoms in total. The summed E-state index contributed by atoms with van der Waals surface area (Å²) in [6.45, 7) is 5.01. The van der Waals surface area contributed by atoms with E-state index in [0.29, 0.717) is 24.8 Å². The first-order valence-electron chi connectivity index (χ1n) is 12.9. The number of allylic oxidation sites excluding steroid dienone is 4. The number of aliphatic hydroxyl groups excluding tert-OH is 1. The van der Waals surface area contributed by atoms with E-state index in [0.717, 1.165) is 49.7 Å². The number of rotatable bonds is 5. The molecular formula is C29H36FNO3. The lowest BCUT2D eigenvalue weighted by Gasteiger charge is -2.58. The fraction of sp³-hybridized carbons (Fsp3) is 0.586. The van der Waals surface area contributed by atoms with Crippen LogP contribution in [0.3, 0.4) is 0 Å². The van der Waals surface area contributed by atoms with Gasteiger partial charge < -0.3 is 10.4 Å². The number of fused-ring (bicyclic) bond motifs is 5. The van der Waals surface area contributed by atoms with Gasteiger partial charge in [0, 0.05) is 23.8 Å². The Hall–Kier alpha value is -2.27. The second-order valence-electron chi connectivity index (χ2n) is 11.5. The van der Waals surface area contributed by atoms with Crippen molar-refractivity contribution < 1.29 is 19.1 Å². The molecular weight excluding hydrogens is 429 g/mol. The lowest BCUT2D eigenvalue weighted by Crippen LogP contribution is -2.57. The van der Waals surface area contributed by atoms with E-state index in [2.05, 4.69) is 19.2 Å². The minimum Gasteiger partial charge on any atom is -0.393 e. The van der Waals surface area contributed by atoms with E-state index in [9.17, 15) is 19.1 Å². The van der Waals surface area contributed by atoms with Crippen LogP contribution in [-0.2, 0) is 16.0 Å². The number of carbonyl (C=O) groups excluding carboxylic acids is 2. The molecule has 1 aromatic rings. The van der Waals surface area contributed by atoms with E-state index in [1.54, 1.807) is 24.3 Å². The first-order valence-corrected chi connectivity index (χ1v) is 12.9. The number of hydrogen-bond acceptors (Lipinski definition) is 3. The number of ketones is 1. The summed E-state index contributed by atoms with van der Waals surface area (Å²) in [4.78, 5) is 25.2. The van der Waals surface area contributed by atoms with E-state index in [1.807, 2.05) is 6.08 Å². The average Bonchev–Trinajstić information content (AvgIpc) is 3.14. The highest BCUT2D eigenvalue weighted by Gasteiger charge is 2.62. The second-order valence-corrected chi connectivity index (χ2v) is 11.5. The maximum atomic E-state index is 13.3. The van der Waals surface area contributed by atoms with Crippen LogP contribution in [0.4, 0.5) is 4.39 Å². The largest absolute Gasteiger partial charge is 0.393 e. The Morgan fingerprint density at radius 2 is 1.94 bits per heavy atom. The Morgan fingerprint density at radius 3 is 2.71 bits per heavy atom. The fourth-order valence-electron chi connectivity index (χ4n) is 8.03. The van der Waals surface area contributed by atoms with Gasteiger partial charge in [-0.1, -0.05) is 37.6 Å². The third-order valence-electron chi connectivity index (χ3n) is 9.66. The molecule has 4 aliphatic rings. The van der Waals surface area contributed by atoms with Gasteiger partial charge in [-0.2, -0.15) is 0 Å². The van der Waals surface area contributed by atoms with Crippen molar-refractivity contribution in [3.8, 4) is 0 Å². The van der Waals surface area contributed by atoms with E-state index in [1.165, 1.54) is 12.1 Å². The first-order chi connectivity index (χ1) is 16.2. The number of amides is 1. The maximum Gasteiger partial charge on any atom is 0.223 e. The third kappa shape index (κ3) is 3.86. The average molecular weight is 466 g/mol. The number of nitrogens with one attached hydrogen (secondary N) is 1. The maximum absolute atomic E-state index is 13.3. The van der Waals surface area contributed by atoms with Crippen LogP contribution in [0.15, 0.2) is 48.1 Å². The van der Waals surface area contributed by atoms with Crippen LogP contribution in [0.5, 0.6) is 0 Å². The molecule has 0 saturated heterocycles. The topological polar surface area (TPSA) is 66.4 Å². The molecule has 1 amide bonds. The molecule has 0 radical (unpaired) electrons. The SMILES string of the molecule is CC12C=CC(=O)C=C1CCC1C2C(O)CC2(C)C(C(=O)NCCCc3ccc(F)cc3)CCC12. The van der Waals surface area contributed by atoms with Gasteiger partial charge in [0.15, 0.2) is 5.78 Å². The molecule has 0 aliphatic heterocycles. The molecule has 0 aromatic heterocycles. The summed E-state index contributed by atoms with van der Waals surface area (Å²) in [7, 11) is 0. The van der Waals surface area contributed by atoms with Gasteiger partial charge in [-0.15, -0.1) is 0 Å². The highest BCUT2D eigenvalue weighted by atomic mass is 19.1. The molecule has 7 atom stereocenters. The highest BCUT2D eigenvalue weighted by molar-refractivity contribution is 6.01. The van der Waals surface area contributed by atoms with Gasteiger partial charge in [0.1, 0.15) is 5.82 Å². The predicted octanol–water partition coefficient (Wildman–Crippen LogP) is 4.77. The Balaban J connectivity index is 1.25. The van der Waals surface area contributed by atoms with Crippen molar-refractivity contribution in [1.82, 2.24) is 5.32 Å². The molecule has 34 heavy (non-hydrogen) atoms. The Kier molecular flexibility index (Phi) is 6.04. The summed E-state index contributed by atoms with van der Waals surface area (Å²) >= 11 is 0. The molecule has 0 bridgehead atoms. The van der Waals surface area contributed by atoms with Gasteiger partial charge in [0.05, 0.1) is 6.10 Å². The zero-order valence-electron chi connectivity index (χ0n) is 20.2. The van der Waals surface area contributed by atoms with Crippen LogP contribution in [-0.4, -0.2) is 29.4 Å². The molecule has 0 heterocycles. The van der Waals surface area contributed by atoms with Crippen LogP contribution in [0.1, 0.15) is 57.9 Å². The summed E-state index contributed by atoms with van der Waals surface area (Å²) in [6, 6.07) is 6.53. The number of halogens is 1. The second kappa shape index (κ2) is 8.75. The molecule has 3 saturated carbocycles. The Morgan fingerprint density at radius 1 is 1.18 bits per heavy atom. The van der Waals surface area contributed by atoms with Crippen molar-refractivity contribution >= 4 is 11.7 Å². The van der Waals surface area contributed by atoms with Crippen molar-refractivity contribution in [3.05, 3.63) is 59.4 Å². The Labute approximate surface area is 201 Å². The lowest BCUT2D eigenvalue weighted by atomic mass is 9.47. The normalized spacial score (nSPS) is 38.5. The van der Waals surface area contributed by atoms with Gasteiger partial charge in [-0.25, -0.2) is 4.39 Å². The van der Waals surface area contributed by atoms with Gasteiger partial charge >= 0.3 is 0 Å². The van der Waals surface area contributed by atoms with Crippen molar-refractivity contribution in [1.29, 1.82) is 0 Å². The molecule has 182 valence electrons. The number of benzene rings is 1. The van der Waals surface area contributed by atoms with Crippen LogP contribution >= 0.6 is 0 Å². The third-order valence-corrected chi connectivity index (χ3v) is 9.66. The standard InChI is InChI=1S/C29H36FNO3/c1-28-14-13-21(32)16-19(28)7-10-22-23-11-12-24(29(23,2)17-25(33)26(22)28)27(34)31-15-3-4-18-5-8-20(30)9-6-18/h5-6,8-9,13-14,16,22-26,33H,3-4,7,10-12,15,17H2,1-2H3,(H,31,34). The van der Waals surface area contributed by atoms with E-state index in [-0.39, 0.29) is 40.2 Å². The summed E-state index contributed by atoms with van der Waals surface area (Å²) in [5.41, 5.74) is 1.77. The minimum absolute atomic E-state index is 0.0538. The Bertz CT molecular complexity index is 1030. The lowest BCUT2D eigenvalue weighted by molar-refractivity contribution is -0.140. The number of carbonyl (C=O) groups is 2. The van der Waals surface area contributed by atoms with Gasteiger partial charge in [0.2, 0.25) is 5.91 Å². The van der Waals surface area contributed by atoms with E-state index in [4.69, 9.17) is 0 Å². The monoisotopic (exact) mass is 465 g/mol. The molecule has 4 aliphatic carbocycles. The number of aliphatic hydroxyl groups is 1. The molecule has 0 spiro atoms. The van der Waals surface area contributed by atoms with Crippen LogP contribution in [0, 0.1) is 40.3 Å². The molecule has 5 rings (SSSR count). The molecule has 2 N–H and O–H groups in total. The molecule has 7 unspecified atom stereocenters. The van der Waals surface area contributed by atoms with Crippen molar-refractivity contribution in [2.24, 2.45) is 34.5 Å². The van der Waals surface area contributed by atoms with Gasteiger partial charge in [-0.3, -0.25) is 9.59 Å². The van der Waals surface area contributed by atoms with E-state index >= 15 is 0 Å². The first kappa shape index (κ1) is 23.5. The summed E-state index contributed by atoms with van der Waals surface area (Å²) < 4.78 is 13.1. The van der Waals surface area contributed by atoms with Crippen molar-refractivity contribution in [2.45, 2.75) is 64.9 Å². The highest BCUT2D eigenvalue weighted by Crippen LogP contribution is 2.65. The fourth-order valence-corrected chi connectivity index (χ4v) is 8.03. The van der Waals surface area contributed by atoms with E-state index < -0.39 is 6.10 Å². The zero-order chi connectivity index (χ0) is 24.1. The number of aryl methyl sites for hydroxylation is 1. The zero-order valence-corrected chi connectivity index (χ0v) is 20.2. The minimum atomic E-state index is -0.482. The summed E-state index contributed by atoms with van der Waals surface area (Å²) in [6.07, 6.45) is 11.0. The summed E-state index contributed by atoms with van der Waals surface area (Å²) in [5.74, 6) is 0.744. The number of hydrogen-bond donors (Lipinski definition) is 2. The predicted molar refractivity (Wildman–Crippen MR) is 129 cm³/mol. The van der Waals surface area contributed by atoms with Gasteiger partial charge in [0.25, 0.3) is 0 Å². The smallest absolute Gasteiger partial charge is 0.223 e. The summed E-state index contributed by atoms with van der Waals surface area (Å²) in [5, 5.41) is 14.6.